The highest BCUT2D eigenvalue weighted by Crippen LogP contribution is 2.21. The molecular formula is C22H21N3O3S. The third kappa shape index (κ3) is 4.14. The number of benzene rings is 2. The summed E-state index contributed by atoms with van der Waals surface area (Å²) in [6, 6.07) is 15.2. The molecule has 0 aliphatic rings. The fraction of sp³-hybridized carbons (Fsp3) is 0.227. The van der Waals surface area contributed by atoms with Crippen molar-refractivity contribution < 1.29 is 9.47 Å². The number of rotatable bonds is 6. The Morgan fingerprint density at radius 3 is 2.62 bits per heavy atom. The van der Waals surface area contributed by atoms with Gasteiger partial charge in [-0.25, -0.2) is 0 Å². The minimum Gasteiger partial charge on any atom is -0.497 e. The van der Waals surface area contributed by atoms with E-state index in [1.54, 1.807) is 7.11 Å². The SMILES string of the molecule is COc1cccc(C=c2sc3nc(-c4ccc(OCC(C)C)cc4)nn3c2=O)c1. The number of hydrogen-bond acceptors (Lipinski definition) is 6. The lowest BCUT2D eigenvalue weighted by atomic mass is 10.2. The second kappa shape index (κ2) is 8.05. The van der Waals surface area contributed by atoms with Crippen molar-refractivity contribution in [1.29, 1.82) is 0 Å². The predicted molar refractivity (Wildman–Crippen MR) is 115 cm³/mol. The van der Waals surface area contributed by atoms with Gasteiger partial charge in [0.15, 0.2) is 5.82 Å². The van der Waals surface area contributed by atoms with E-state index in [9.17, 15) is 4.79 Å². The molecule has 0 amide bonds. The Balaban J connectivity index is 1.63. The summed E-state index contributed by atoms with van der Waals surface area (Å²) in [6.45, 7) is 4.89. The molecule has 0 aliphatic carbocycles. The maximum atomic E-state index is 12.7. The van der Waals surface area contributed by atoms with Gasteiger partial charge in [-0.05, 0) is 54.0 Å². The van der Waals surface area contributed by atoms with Crippen molar-refractivity contribution in [2.24, 2.45) is 5.92 Å². The minimum atomic E-state index is -0.177. The summed E-state index contributed by atoms with van der Waals surface area (Å²) >= 11 is 1.32. The van der Waals surface area contributed by atoms with Gasteiger partial charge in [-0.1, -0.05) is 37.3 Å². The first-order chi connectivity index (χ1) is 14.0. The molecule has 29 heavy (non-hydrogen) atoms. The molecule has 2 aromatic heterocycles. The molecule has 0 bridgehead atoms. The van der Waals surface area contributed by atoms with Crippen LogP contribution in [0.5, 0.6) is 11.5 Å². The van der Waals surface area contributed by atoms with Gasteiger partial charge in [0.25, 0.3) is 5.56 Å². The van der Waals surface area contributed by atoms with Gasteiger partial charge in [0, 0.05) is 5.56 Å². The molecule has 148 valence electrons. The number of thiazole rings is 1. The van der Waals surface area contributed by atoms with Crippen LogP contribution in [0, 0.1) is 5.92 Å². The van der Waals surface area contributed by atoms with E-state index in [4.69, 9.17) is 9.47 Å². The summed E-state index contributed by atoms with van der Waals surface area (Å²) in [7, 11) is 1.62. The van der Waals surface area contributed by atoms with Crippen molar-refractivity contribution in [3.8, 4) is 22.9 Å². The van der Waals surface area contributed by atoms with Gasteiger partial charge in [-0.3, -0.25) is 4.79 Å². The fourth-order valence-electron chi connectivity index (χ4n) is 2.80. The summed E-state index contributed by atoms with van der Waals surface area (Å²) < 4.78 is 12.9. The van der Waals surface area contributed by atoms with Crippen LogP contribution >= 0.6 is 11.3 Å². The van der Waals surface area contributed by atoms with Crippen molar-refractivity contribution >= 4 is 22.4 Å². The second-order valence-electron chi connectivity index (χ2n) is 7.05. The molecule has 6 nitrogen and oxygen atoms in total. The van der Waals surface area contributed by atoms with Crippen molar-refractivity contribution in [2.45, 2.75) is 13.8 Å². The first-order valence-corrected chi connectivity index (χ1v) is 10.1. The van der Waals surface area contributed by atoms with E-state index in [-0.39, 0.29) is 5.56 Å². The van der Waals surface area contributed by atoms with Crippen LogP contribution in [0.3, 0.4) is 0 Å². The average molecular weight is 407 g/mol. The standard InChI is InChI=1S/C22H21N3O3S/c1-14(2)13-28-17-9-7-16(8-10-17)20-23-22-25(24-20)21(26)19(29-22)12-15-5-4-6-18(11-15)27-3/h4-12,14H,13H2,1-3H3. The van der Waals surface area contributed by atoms with Crippen molar-refractivity contribution in [2.75, 3.05) is 13.7 Å². The summed E-state index contributed by atoms with van der Waals surface area (Å²) in [4.78, 5) is 17.8. The molecule has 0 fully saturated rings. The normalized spacial score (nSPS) is 12.1. The van der Waals surface area contributed by atoms with Gasteiger partial charge in [0.05, 0.1) is 18.2 Å². The number of hydrogen-bond donors (Lipinski definition) is 0. The zero-order valence-electron chi connectivity index (χ0n) is 16.5. The molecule has 0 saturated heterocycles. The Bertz CT molecular complexity index is 1240. The van der Waals surface area contributed by atoms with Gasteiger partial charge < -0.3 is 9.47 Å². The highest BCUT2D eigenvalue weighted by molar-refractivity contribution is 7.15. The van der Waals surface area contributed by atoms with Gasteiger partial charge in [0.2, 0.25) is 4.96 Å². The number of nitrogens with zero attached hydrogens (tertiary/aromatic N) is 3. The zero-order chi connectivity index (χ0) is 20.4. The van der Waals surface area contributed by atoms with Gasteiger partial charge in [-0.15, -0.1) is 5.10 Å². The summed E-state index contributed by atoms with van der Waals surface area (Å²) in [5.74, 6) is 2.54. The Kier molecular flexibility index (Phi) is 5.31. The van der Waals surface area contributed by atoms with Crippen LogP contribution < -0.4 is 19.6 Å². The zero-order valence-corrected chi connectivity index (χ0v) is 17.3. The van der Waals surface area contributed by atoms with Crippen molar-refractivity contribution in [1.82, 2.24) is 14.6 Å². The largest absolute Gasteiger partial charge is 0.497 e. The smallest absolute Gasteiger partial charge is 0.291 e. The van der Waals surface area contributed by atoms with Crippen molar-refractivity contribution in [3.63, 3.8) is 0 Å². The van der Waals surface area contributed by atoms with Crippen LogP contribution in [-0.2, 0) is 0 Å². The summed E-state index contributed by atoms with van der Waals surface area (Å²) in [6.07, 6.45) is 1.83. The van der Waals surface area contributed by atoms with E-state index in [2.05, 4.69) is 23.9 Å². The molecule has 0 unspecified atom stereocenters. The molecule has 0 atom stereocenters. The van der Waals surface area contributed by atoms with Gasteiger partial charge in [-0.2, -0.15) is 9.50 Å². The molecule has 0 aliphatic heterocycles. The van der Waals surface area contributed by atoms with Crippen LogP contribution in [0.25, 0.3) is 22.4 Å². The van der Waals surface area contributed by atoms with Crippen LogP contribution in [-0.4, -0.2) is 28.3 Å². The monoisotopic (exact) mass is 407 g/mol. The molecule has 4 aromatic rings. The lowest BCUT2D eigenvalue weighted by Gasteiger charge is -2.08. The lowest BCUT2D eigenvalue weighted by molar-refractivity contribution is 0.271. The number of fused-ring (bicyclic) bond motifs is 1. The number of ether oxygens (including phenoxy) is 2. The summed E-state index contributed by atoms with van der Waals surface area (Å²) in [5.41, 5.74) is 1.56. The van der Waals surface area contributed by atoms with Gasteiger partial charge >= 0.3 is 0 Å². The van der Waals surface area contributed by atoms with Crippen LogP contribution in [0.1, 0.15) is 19.4 Å². The third-order valence-corrected chi connectivity index (χ3v) is 5.23. The van der Waals surface area contributed by atoms with Crippen LogP contribution in [0.2, 0.25) is 0 Å². The van der Waals surface area contributed by atoms with Crippen LogP contribution in [0.4, 0.5) is 0 Å². The number of methoxy groups -OCH3 is 1. The molecule has 4 rings (SSSR count). The summed E-state index contributed by atoms with van der Waals surface area (Å²) in [5, 5.41) is 4.40. The van der Waals surface area contributed by atoms with Gasteiger partial charge in [0.1, 0.15) is 11.5 Å². The minimum absolute atomic E-state index is 0.177. The first-order valence-electron chi connectivity index (χ1n) is 9.32. The van der Waals surface area contributed by atoms with E-state index < -0.39 is 0 Å². The van der Waals surface area contributed by atoms with E-state index in [1.807, 2.05) is 54.6 Å². The molecule has 0 N–H and O–H groups in total. The van der Waals surface area contributed by atoms with E-state index >= 15 is 0 Å². The van der Waals surface area contributed by atoms with Crippen molar-refractivity contribution in [3.05, 3.63) is 69.0 Å². The molecule has 0 saturated carbocycles. The Morgan fingerprint density at radius 2 is 1.93 bits per heavy atom. The molecule has 2 aromatic carbocycles. The Hall–Kier alpha value is -3.19. The maximum absolute atomic E-state index is 12.7. The molecular weight excluding hydrogens is 386 g/mol. The van der Waals surface area contributed by atoms with Crippen LogP contribution in [0.15, 0.2) is 53.3 Å². The molecule has 7 heteroatoms. The highest BCUT2D eigenvalue weighted by Gasteiger charge is 2.12. The molecule has 0 spiro atoms. The average Bonchev–Trinajstić information content (AvgIpc) is 3.26. The maximum Gasteiger partial charge on any atom is 0.291 e. The lowest BCUT2D eigenvalue weighted by Crippen LogP contribution is -2.23. The Labute approximate surface area is 172 Å². The highest BCUT2D eigenvalue weighted by atomic mass is 32.1. The fourth-order valence-corrected chi connectivity index (χ4v) is 3.71. The molecule has 2 heterocycles. The number of aromatic nitrogens is 3. The van der Waals surface area contributed by atoms with E-state index in [0.29, 0.717) is 27.8 Å². The quantitative estimate of drug-likeness (QED) is 0.490. The Morgan fingerprint density at radius 1 is 1.14 bits per heavy atom. The van der Waals surface area contributed by atoms with E-state index in [1.165, 1.54) is 15.9 Å². The topological polar surface area (TPSA) is 65.7 Å². The predicted octanol–water partition coefficient (Wildman–Crippen LogP) is 3.41. The first kappa shape index (κ1) is 19.1. The second-order valence-corrected chi connectivity index (χ2v) is 8.06. The molecule has 0 radical (unpaired) electrons. The van der Waals surface area contributed by atoms with E-state index in [0.717, 1.165) is 22.6 Å². The third-order valence-electron chi connectivity index (χ3n) is 4.27.